The van der Waals surface area contributed by atoms with Gasteiger partial charge in [-0.2, -0.15) is 0 Å². The summed E-state index contributed by atoms with van der Waals surface area (Å²) >= 11 is 0. The molecule has 1 aromatic carbocycles. The average Bonchev–Trinajstić information content (AvgIpc) is 1.85. The fraction of sp³-hybridized carbons (Fsp3) is 0.400. The van der Waals surface area contributed by atoms with E-state index in [0.717, 1.165) is 0 Å². The minimum atomic E-state index is -0.638. The van der Waals surface area contributed by atoms with Gasteiger partial charge in [-0.3, -0.25) is 0 Å². The molecule has 0 heterocycles. The molecule has 12 heavy (non-hydrogen) atoms. The Bertz CT molecular complexity index is 213. The summed E-state index contributed by atoms with van der Waals surface area (Å²) in [5, 5.41) is 0. The van der Waals surface area contributed by atoms with Crippen LogP contribution in [0.25, 0.3) is 0 Å². The van der Waals surface area contributed by atoms with E-state index in [0.29, 0.717) is 0 Å². The normalized spacial score (nSPS) is 10.6. The molecule has 1 aromatic rings. The second-order valence-electron chi connectivity index (χ2n) is 3.93. The van der Waals surface area contributed by atoms with Crippen LogP contribution in [0.2, 0.25) is 0 Å². The maximum Gasteiger partial charge on any atom is 0.0834 e. The van der Waals surface area contributed by atoms with E-state index in [-0.39, 0.29) is 8.41 Å². The van der Waals surface area contributed by atoms with E-state index in [1.807, 2.05) is 0 Å². The lowest BCUT2D eigenvalue weighted by molar-refractivity contribution is 1.38. The zero-order chi connectivity index (χ0) is 8.32. The summed E-state index contributed by atoms with van der Waals surface area (Å²) in [5.41, 5.74) is 1.48. The van der Waals surface area contributed by atoms with Crippen molar-refractivity contribution in [3.63, 3.8) is 0 Å². The zero-order valence-corrected chi connectivity index (χ0v) is 9.01. The lowest BCUT2D eigenvalue weighted by Crippen LogP contribution is -1.90. The third kappa shape index (κ3) is 4.56. The van der Waals surface area contributed by atoms with E-state index in [1.165, 1.54) is 11.7 Å². The van der Waals surface area contributed by atoms with Crippen LogP contribution in [0.3, 0.4) is 0 Å². The smallest absolute Gasteiger partial charge is 0.0834 e. The topological polar surface area (TPSA) is 0 Å². The van der Waals surface area contributed by atoms with Gasteiger partial charge in [0.25, 0.3) is 0 Å². The van der Waals surface area contributed by atoms with Crippen LogP contribution >= 0.6 is 7.26 Å². The Morgan fingerprint density at radius 1 is 1.00 bits per heavy atom. The van der Waals surface area contributed by atoms with Crippen molar-refractivity contribution in [2.75, 3.05) is 20.0 Å². The number of benzene rings is 1. The average molecular weight is 178 g/mol. The molecule has 0 N–H and O–H groups in total. The van der Waals surface area contributed by atoms with Crippen molar-refractivity contribution in [1.29, 1.82) is 0 Å². The number of hydrogen-bond acceptors (Lipinski definition) is 0. The quantitative estimate of drug-likeness (QED) is 0.482. The Hall–Kier alpha value is -0.285. The third-order valence-electron chi connectivity index (χ3n) is 1.50. The van der Waals surface area contributed by atoms with Crippen LogP contribution in [0.5, 0.6) is 0 Å². The second kappa shape index (κ2) is 4.67. The first-order valence-electron chi connectivity index (χ1n) is 3.92. The van der Waals surface area contributed by atoms with E-state index in [9.17, 15) is 0 Å². The van der Waals surface area contributed by atoms with Crippen molar-refractivity contribution < 1.29 is 0 Å². The van der Waals surface area contributed by atoms with Crippen molar-refractivity contribution in [3.8, 4) is 0 Å². The lowest BCUT2D eigenvalue weighted by Gasteiger charge is -2.10. The van der Waals surface area contributed by atoms with Crippen LogP contribution in [0.1, 0.15) is 5.56 Å². The third-order valence-corrected chi connectivity index (χ3v) is 2.81. The van der Waals surface area contributed by atoms with Gasteiger partial charge in [0.1, 0.15) is 0 Å². The van der Waals surface area contributed by atoms with E-state index >= 15 is 0 Å². The molecule has 1 rings (SSSR count). The van der Waals surface area contributed by atoms with Gasteiger partial charge in [-0.25, -0.2) is 0 Å². The molecule has 0 aliphatic heterocycles. The maximum atomic E-state index is 2.38. The van der Waals surface area contributed by atoms with Gasteiger partial charge in [0, 0.05) is 27.3 Å². The van der Waals surface area contributed by atoms with Crippen LogP contribution in [0.15, 0.2) is 30.3 Å². The first-order chi connectivity index (χ1) is 5.08. The first kappa shape index (κ1) is 11.7. The molecule has 0 aliphatic rings. The van der Waals surface area contributed by atoms with E-state index in [4.69, 9.17) is 0 Å². The Balaban J connectivity index is 0.00000121. The van der Waals surface area contributed by atoms with Crippen LogP contribution in [-0.4, -0.2) is 28.4 Å². The summed E-state index contributed by atoms with van der Waals surface area (Å²) in [5.74, 6) is 0. The van der Waals surface area contributed by atoms with Crippen molar-refractivity contribution in [3.05, 3.63) is 35.9 Å². The van der Waals surface area contributed by atoms with Crippen LogP contribution < -0.4 is 0 Å². The molecule has 0 saturated carbocycles. The fourth-order valence-corrected chi connectivity index (χ4v) is 2.44. The highest BCUT2D eigenvalue weighted by Crippen LogP contribution is 2.49. The highest BCUT2D eigenvalue weighted by Gasteiger charge is 2.16. The zero-order valence-electron chi connectivity index (χ0n) is 8.12. The molecule has 0 unspecified atom stereocenters. The monoisotopic (exact) mass is 178 g/mol. The van der Waals surface area contributed by atoms with Gasteiger partial charge in [-0.05, 0) is 5.56 Å². The summed E-state index contributed by atoms with van der Waals surface area (Å²) in [4.78, 5) is 0. The summed E-state index contributed by atoms with van der Waals surface area (Å²) in [6.07, 6.45) is 1.27. The van der Waals surface area contributed by atoms with Gasteiger partial charge in [0.2, 0.25) is 0 Å². The highest BCUT2D eigenvalue weighted by atomic mass is 31.2. The Morgan fingerprint density at radius 2 is 1.50 bits per heavy atom. The van der Waals surface area contributed by atoms with Gasteiger partial charge >= 0.3 is 0 Å². The molecule has 0 atom stereocenters. The van der Waals surface area contributed by atoms with Crippen LogP contribution in [-0.2, 0) is 6.16 Å². The molecular formula is C10H16BP. The molecule has 2 heteroatoms. The minimum Gasteiger partial charge on any atom is -1.00 e. The van der Waals surface area contributed by atoms with Gasteiger partial charge in [0.05, 0.1) is 6.16 Å². The van der Waals surface area contributed by atoms with E-state index < -0.39 is 7.26 Å². The highest BCUT2D eigenvalue weighted by molar-refractivity contribution is 7.72. The molecule has 0 bridgehead atoms. The summed E-state index contributed by atoms with van der Waals surface area (Å²) < 4.78 is 0. The van der Waals surface area contributed by atoms with E-state index in [2.05, 4.69) is 50.3 Å². The van der Waals surface area contributed by atoms with Gasteiger partial charge < -0.3 is 8.41 Å². The second-order valence-corrected chi connectivity index (χ2v) is 8.83. The Labute approximate surface area is 78.3 Å². The standard InChI is InChI=1S/C10H16P.B/c1-11(2,3)9-10-7-5-4-6-8-10;/h4-8H,9H2,1-3H3;/q+1;-1. The SMILES string of the molecule is C[P+](C)(C)Cc1ccccc1.[B-]. The Kier molecular flexibility index (Phi) is 4.56. The molecular weight excluding hydrogens is 162 g/mol. The van der Waals surface area contributed by atoms with Gasteiger partial charge in [0.15, 0.2) is 0 Å². The van der Waals surface area contributed by atoms with Crippen molar-refractivity contribution >= 4 is 15.7 Å². The number of rotatable bonds is 2. The van der Waals surface area contributed by atoms with Crippen molar-refractivity contribution in [2.24, 2.45) is 0 Å². The van der Waals surface area contributed by atoms with E-state index in [1.54, 1.807) is 0 Å². The Morgan fingerprint density at radius 3 is 1.92 bits per heavy atom. The summed E-state index contributed by atoms with van der Waals surface area (Å²) in [7, 11) is -0.638. The molecule has 0 aromatic heterocycles. The molecule has 0 nitrogen and oxygen atoms in total. The van der Waals surface area contributed by atoms with Crippen LogP contribution in [0.4, 0.5) is 0 Å². The predicted octanol–water partition coefficient (Wildman–Crippen LogP) is 2.71. The molecule has 4 radical (unpaired) electrons. The molecule has 0 aliphatic carbocycles. The molecule has 0 amide bonds. The molecule has 0 fully saturated rings. The molecule has 64 valence electrons. The van der Waals surface area contributed by atoms with Gasteiger partial charge in [-0.15, -0.1) is 0 Å². The molecule has 0 saturated heterocycles. The lowest BCUT2D eigenvalue weighted by atomic mass is 10.2. The largest absolute Gasteiger partial charge is 1.00 e. The number of hydrogen-bond donors (Lipinski definition) is 0. The summed E-state index contributed by atoms with van der Waals surface area (Å²) in [6.45, 7) is 7.12. The van der Waals surface area contributed by atoms with Crippen LogP contribution in [0, 0.1) is 0 Å². The van der Waals surface area contributed by atoms with Crippen molar-refractivity contribution in [1.82, 2.24) is 0 Å². The summed E-state index contributed by atoms with van der Waals surface area (Å²) in [6, 6.07) is 10.7. The van der Waals surface area contributed by atoms with Crippen molar-refractivity contribution in [2.45, 2.75) is 6.16 Å². The first-order valence-corrected chi connectivity index (χ1v) is 7.24. The minimum absolute atomic E-state index is 0. The molecule has 0 spiro atoms. The predicted molar refractivity (Wildman–Crippen MR) is 60.6 cm³/mol. The van der Waals surface area contributed by atoms with Gasteiger partial charge in [-0.1, -0.05) is 30.3 Å². The fourth-order valence-electron chi connectivity index (χ4n) is 1.13. The maximum absolute atomic E-state index is 2.38.